The molecule has 0 radical (unpaired) electrons. The molecular weight excluding hydrogens is 316 g/mol. The fraction of sp³-hybridized carbons (Fsp3) is 0.667. The highest BCUT2D eigenvalue weighted by Crippen LogP contribution is 2.29. The summed E-state index contributed by atoms with van der Waals surface area (Å²) in [5, 5.41) is 0.598. The maximum absolute atomic E-state index is 5.29. The minimum Gasteiger partial charge on any atom is -0.345 e. The van der Waals surface area contributed by atoms with E-state index in [0.29, 0.717) is 9.89 Å². The Morgan fingerprint density at radius 2 is 2.00 bits per heavy atom. The van der Waals surface area contributed by atoms with Gasteiger partial charge in [0.15, 0.2) is 0 Å². The Kier molecular flexibility index (Phi) is 5.22. The minimum atomic E-state index is 0.0343. The molecule has 1 aromatic heterocycles. The van der Waals surface area contributed by atoms with Crippen LogP contribution in [0.1, 0.15) is 46.1 Å². The van der Waals surface area contributed by atoms with Crippen LogP contribution in [0.4, 0.5) is 0 Å². The van der Waals surface area contributed by atoms with E-state index in [2.05, 4.69) is 60.5 Å². The average Bonchev–Trinajstić information content (AvgIpc) is 2.17. The minimum absolute atomic E-state index is 0.0343. The molecule has 0 bridgehead atoms. The second-order valence-electron chi connectivity index (χ2n) is 5.29. The van der Waals surface area contributed by atoms with E-state index in [1.54, 1.807) is 0 Å². The van der Waals surface area contributed by atoms with Crippen LogP contribution in [0.5, 0.6) is 0 Å². The van der Waals surface area contributed by atoms with Crippen molar-refractivity contribution < 1.29 is 0 Å². The molecule has 0 saturated carbocycles. The molecule has 0 aliphatic carbocycles. The van der Waals surface area contributed by atoms with E-state index in [-0.39, 0.29) is 5.41 Å². The molecular formula is C12H19BrN2S2. The molecule has 1 aromatic rings. The number of nitrogens with zero attached hydrogens (tertiary/aromatic N) is 1. The van der Waals surface area contributed by atoms with Crippen molar-refractivity contribution in [3.63, 3.8) is 0 Å². The van der Waals surface area contributed by atoms with Gasteiger partial charge >= 0.3 is 0 Å². The highest BCUT2D eigenvalue weighted by Gasteiger charge is 2.20. The van der Waals surface area contributed by atoms with Gasteiger partial charge in [-0.3, -0.25) is 0 Å². The molecule has 0 atom stereocenters. The fourth-order valence-corrected chi connectivity index (χ4v) is 2.96. The van der Waals surface area contributed by atoms with Gasteiger partial charge in [-0.15, -0.1) is 0 Å². The fourth-order valence-electron chi connectivity index (χ4n) is 1.34. The van der Waals surface area contributed by atoms with Crippen molar-refractivity contribution in [3.05, 3.63) is 20.6 Å². The molecule has 0 fully saturated rings. The van der Waals surface area contributed by atoms with Gasteiger partial charge in [0.05, 0.1) is 10.2 Å². The normalized spacial score (nSPS) is 12.2. The highest BCUT2D eigenvalue weighted by atomic mass is 79.9. The zero-order valence-electron chi connectivity index (χ0n) is 10.9. The number of H-pyrrole nitrogens is 1. The number of hydrogen-bond acceptors (Lipinski definition) is 3. The van der Waals surface area contributed by atoms with Crippen molar-refractivity contribution in [2.24, 2.45) is 0 Å². The number of rotatable bonds is 3. The third kappa shape index (κ3) is 4.38. The molecule has 17 heavy (non-hydrogen) atoms. The van der Waals surface area contributed by atoms with Gasteiger partial charge in [-0.05, 0) is 21.2 Å². The van der Waals surface area contributed by atoms with Crippen LogP contribution in [0.15, 0.2) is 4.47 Å². The standard InChI is InChI=1S/C12H19BrN2S2/c1-7(2)17-6-8-14-10(12(3,4)5)9(13)11(16)15-8/h7H,6H2,1-5H3,(H,14,15,16). The first kappa shape index (κ1) is 15.2. The molecule has 0 aliphatic rings. The molecule has 1 rings (SSSR count). The smallest absolute Gasteiger partial charge is 0.144 e. The van der Waals surface area contributed by atoms with E-state index >= 15 is 0 Å². The second kappa shape index (κ2) is 5.85. The number of halogens is 1. The van der Waals surface area contributed by atoms with Crippen molar-refractivity contribution in [2.45, 2.75) is 51.0 Å². The molecule has 1 N–H and O–H groups in total. The lowest BCUT2D eigenvalue weighted by molar-refractivity contribution is 0.559. The molecule has 0 unspecified atom stereocenters. The van der Waals surface area contributed by atoms with Gasteiger partial charge in [0.25, 0.3) is 0 Å². The summed E-state index contributed by atoms with van der Waals surface area (Å²) in [6.45, 7) is 10.9. The summed E-state index contributed by atoms with van der Waals surface area (Å²) < 4.78 is 1.56. The average molecular weight is 335 g/mol. The summed E-state index contributed by atoms with van der Waals surface area (Å²) in [5.41, 5.74) is 1.16. The lowest BCUT2D eigenvalue weighted by atomic mass is 9.92. The SMILES string of the molecule is CC(C)SCc1nc(=S)c(Br)c(C(C)(C)C)[nH]1. The quantitative estimate of drug-likeness (QED) is 0.801. The Balaban J connectivity index is 3.11. The lowest BCUT2D eigenvalue weighted by Crippen LogP contribution is -2.16. The van der Waals surface area contributed by atoms with Gasteiger partial charge in [0, 0.05) is 11.1 Å². The van der Waals surface area contributed by atoms with E-state index in [1.807, 2.05) is 11.8 Å². The molecule has 0 spiro atoms. The number of thioether (sulfide) groups is 1. The number of nitrogens with one attached hydrogen (secondary N) is 1. The molecule has 1 heterocycles. The number of aromatic nitrogens is 2. The van der Waals surface area contributed by atoms with Crippen LogP contribution in [-0.4, -0.2) is 15.2 Å². The number of aromatic amines is 1. The highest BCUT2D eigenvalue weighted by molar-refractivity contribution is 9.10. The van der Waals surface area contributed by atoms with E-state index in [0.717, 1.165) is 21.7 Å². The zero-order valence-corrected chi connectivity index (χ0v) is 14.1. The van der Waals surface area contributed by atoms with Crippen molar-refractivity contribution in [3.8, 4) is 0 Å². The van der Waals surface area contributed by atoms with Crippen LogP contribution in [0.3, 0.4) is 0 Å². The third-order valence-electron chi connectivity index (χ3n) is 2.22. The summed E-state index contributed by atoms with van der Waals surface area (Å²) in [7, 11) is 0. The van der Waals surface area contributed by atoms with E-state index in [9.17, 15) is 0 Å². The summed E-state index contributed by atoms with van der Waals surface area (Å²) in [5.74, 6) is 1.83. The van der Waals surface area contributed by atoms with Gasteiger partial charge in [-0.2, -0.15) is 11.8 Å². The Morgan fingerprint density at radius 3 is 2.47 bits per heavy atom. The van der Waals surface area contributed by atoms with E-state index in [4.69, 9.17) is 12.2 Å². The van der Waals surface area contributed by atoms with Crippen molar-refractivity contribution in [1.82, 2.24) is 9.97 Å². The van der Waals surface area contributed by atoms with Crippen LogP contribution >= 0.6 is 39.9 Å². The predicted octanol–water partition coefficient (Wildman–Crippen LogP) is 4.84. The lowest BCUT2D eigenvalue weighted by Gasteiger charge is -2.21. The molecule has 0 aliphatic heterocycles. The monoisotopic (exact) mass is 334 g/mol. The number of hydrogen-bond donors (Lipinski definition) is 1. The van der Waals surface area contributed by atoms with Crippen LogP contribution in [0, 0.1) is 4.64 Å². The van der Waals surface area contributed by atoms with Crippen LogP contribution < -0.4 is 0 Å². The van der Waals surface area contributed by atoms with E-state index in [1.165, 1.54) is 0 Å². The second-order valence-corrected chi connectivity index (χ2v) is 8.03. The van der Waals surface area contributed by atoms with Gasteiger partial charge in [0.2, 0.25) is 0 Å². The van der Waals surface area contributed by atoms with Gasteiger partial charge in [-0.1, -0.05) is 46.8 Å². The molecule has 0 aromatic carbocycles. The molecule has 5 heteroatoms. The van der Waals surface area contributed by atoms with Crippen LogP contribution in [0.25, 0.3) is 0 Å². The Hall–Kier alpha value is 0.130. The largest absolute Gasteiger partial charge is 0.345 e. The van der Waals surface area contributed by atoms with Crippen molar-refractivity contribution in [1.29, 1.82) is 0 Å². The Morgan fingerprint density at radius 1 is 1.41 bits per heavy atom. The maximum atomic E-state index is 5.29. The third-order valence-corrected chi connectivity index (χ3v) is 4.65. The van der Waals surface area contributed by atoms with Crippen molar-refractivity contribution in [2.75, 3.05) is 0 Å². The summed E-state index contributed by atoms with van der Waals surface area (Å²) in [6.07, 6.45) is 0. The summed E-state index contributed by atoms with van der Waals surface area (Å²) >= 11 is 10.7. The Labute approximate surface area is 121 Å². The molecule has 96 valence electrons. The maximum Gasteiger partial charge on any atom is 0.144 e. The zero-order chi connectivity index (χ0) is 13.2. The molecule has 2 nitrogen and oxygen atoms in total. The van der Waals surface area contributed by atoms with Gasteiger partial charge < -0.3 is 4.98 Å². The first-order valence-electron chi connectivity index (χ1n) is 5.62. The topological polar surface area (TPSA) is 28.7 Å². The summed E-state index contributed by atoms with van der Waals surface area (Å²) in [6, 6.07) is 0. The van der Waals surface area contributed by atoms with Gasteiger partial charge in [0.1, 0.15) is 10.5 Å². The Bertz CT molecular complexity index is 447. The molecule has 0 saturated heterocycles. The first-order chi connectivity index (χ1) is 7.71. The van der Waals surface area contributed by atoms with Crippen LogP contribution in [-0.2, 0) is 11.2 Å². The van der Waals surface area contributed by atoms with E-state index < -0.39 is 0 Å². The van der Waals surface area contributed by atoms with Gasteiger partial charge in [-0.25, -0.2) is 4.98 Å². The summed E-state index contributed by atoms with van der Waals surface area (Å²) in [4.78, 5) is 7.81. The first-order valence-corrected chi connectivity index (χ1v) is 7.87. The predicted molar refractivity (Wildman–Crippen MR) is 82.3 cm³/mol. The van der Waals surface area contributed by atoms with Crippen LogP contribution in [0.2, 0.25) is 0 Å². The van der Waals surface area contributed by atoms with Crippen molar-refractivity contribution >= 4 is 39.9 Å². The molecule has 0 amide bonds.